The molecule has 0 radical (unpaired) electrons. The van der Waals surface area contributed by atoms with E-state index < -0.39 is 6.10 Å². The molecular formula is C13H18ClN3O2S. The van der Waals surface area contributed by atoms with E-state index >= 15 is 0 Å². The fraction of sp³-hybridized carbons (Fsp3) is 0.615. The first-order valence-corrected chi connectivity index (χ1v) is 8.16. The first-order chi connectivity index (χ1) is 9.54. The Morgan fingerprint density at radius 2 is 2.20 bits per heavy atom. The number of likely N-dealkylation sites (N-methyl/N-ethyl adjacent to an activating group) is 1. The molecule has 1 aliphatic carbocycles. The van der Waals surface area contributed by atoms with Crippen molar-refractivity contribution in [1.29, 1.82) is 0 Å². The highest BCUT2D eigenvalue weighted by Crippen LogP contribution is 2.25. The number of hydrogen-bond acceptors (Lipinski definition) is 5. The standard InChI is InChI=1S/C13H18ClN3O2S/c1-17(9-5-3-4-6-10(9)18)12(19)11-8(14)7-15-13(16-11)20-2/h7,9-10,18H,3-6H2,1-2H3. The van der Waals surface area contributed by atoms with Gasteiger partial charge in [0, 0.05) is 7.05 Å². The van der Waals surface area contributed by atoms with Crippen molar-refractivity contribution in [3.05, 3.63) is 16.9 Å². The number of amides is 1. The van der Waals surface area contributed by atoms with Gasteiger partial charge in [-0.2, -0.15) is 0 Å². The Hall–Kier alpha value is -0.850. The average Bonchev–Trinajstić information content (AvgIpc) is 2.47. The highest BCUT2D eigenvalue weighted by molar-refractivity contribution is 7.98. The zero-order valence-corrected chi connectivity index (χ0v) is 13.1. The zero-order chi connectivity index (χ0) is 14.7. The van der Waals surface area contributed by atoms with Crippen LogP contribution in [0, 0.1) is 0 Å². The van der Waals surface area contributed by atoms with Crippen molar-refractivity contribution in [2.75, 3.05) is 13.3 Å². The van der Waals surface area contributed by atoms with Crippen LogP contribution in [-0.2, 0) is 0 Å². The van der Waals surface area contributed by atoms with Crippen LogP contribution in [0.1, 0.15) is 36.2 Å². The van der Waals surface area contributed by atoms with Gasteiger partial charge in [-0.3, -0.25) is 4.79 Å². The van der Waals surface area contributed by atoms with Gasteiger partial charge in [0.1, 0.15) is 0 Å². The first kappa shape index (κ1) is 15.5. The topological polar surface area (TPSA) is 66.3 Å². The third-order valence-electron chi connectivity index (χ3n) is 3.62. The van der Waals surface area contributed by atoms with Crippen LogP contribution in [0.3, 0.4) is 0 Å². The second-order valence-electron chi connectivity index (χ2n) is 4.89. The van der Waals surface area contributed by atoms with Gasteiger partial charge >= 0.3 is 0 Å². The number of aromatic nitrogens is 2. The predicted octanol–water partition coefficient (Wildman–Crippen LogP) is 2.23. The van der Waals surface area contributed by atoms with Gasteiger partial charge in [-0.05, 0) is 19.1 Å². The summed E-state index contributed by atoms with van der Waals surface area (Å²) in [6.07, 6.45) is 6.37. The highest BCUT2D eigenvalue weighted by Gasteiger charge is 2.31. The molecule has 0 spiro atoms. The molecule has 0 aliphatic heterocycles. The maximum atomic E-state index is 12.5. The van der Waals surface area contributed by atoms with Crippen molar-refractivity contribution < 1.29 is 9.90 Å². The Morgan fingerprint density at radius 3 is 2.85 bits per heavy atom. The molecule has 5 nitrogen and oxygen atoms in total. The van der Waals surface area contributed by atoms with E-state index in [0.717, 1.165) is 25.7 Å². The summed E-state index contributed by atoms with van der Waals surface area (Å²) in [7, 11) is 1.69. The fourth-order valence-electron chi connectivity index (χ4n) is 2.46. The van der Waals surface area contributed by atoms with Gasteiger partial charge in [-0.1, -0.05) is 36.2 Å². The third kappa shape index (κ3) is 3.24. The molecule has 0 saturated heterocycles. The second kappa shape index (κ2) is 6.74. The van der Waals surface area contributed by atoms with Crippen LogP contribution in [0.4, 0.5) is 0 Å². The summed E-state index contributed by atoms with van der Waals surface area (Å²) in [6, 6.07) is -0.167. The van der Waals surface area contributed by atoms with Crippen molar-refractivity contribution >= 4 is 29.3 Å². The smallest absolute Gasteiger partial charge is 0.274 e. The van der Waals surface area contributed by atoms with Crippen molar-refractivity contribution in [2.45, 2.75) is 43.0 Å². The van der Waals surface area contributed by atoms with Crippen LogP contribution in [-0.4, -0.2) is 51.3 Å². The van der Waals surface area contributed by atoms with Gasteiger partial charge in [0.2, 0.25) is 0 Å². The lowest BCUT2D eigenvalue weighted by atomic mass is 9.91. The maximum absolute atomic E-state index is 12.5. The number of carbonyl (C=O) groups is 1. The molecule has 1 fully saturated rings. The minimum Gasteiger partial charge on any atom is -0.391 e. The van der Waals surface area contributed by atoms with E-state index in [-0.39, 0.29) is 22.7 Å². The van der Waals surface area contributed by atoms with Gasteiger partial charge in [0.05, 0.1) is 23.4 Å². The Labute approximate surface area is 127 Å². The lowest BCUT2D eigenvalue weighted by molar-refractivity contribution is 0.0264. The Bertz CT molecular complexity index is 501. The largest absolute Gasteiger partial charge is 0.391 e. The molecular weight excluding hydrogens is 298 g/mol. The van der Waals surface area contributed by atoms with Gasteiger partial charge in [0.15, 0.2) is 10.9 Å². The molecule has 1 heterocycles. The summed E-state index contributed by atoms with van der Waals surface area (Å²) in [5, 5.41) is 10.8. The number of thioether (sulfide) groups is 1. The molecule has 1 N–H and O–H groups in total. The number of rotatable bonds is 3. The van der Waals surface area contributed by atoms with Gasteiger partial charge in [0.25, 0.3) is 5.91 Å². The van der Waals surface area contributed by atoms with Gasteiger partial charge in [-0.25, -0.2) is 9.97 Å². The number of halogens is 1. The molecule has 1 saturated carbocycles. The molecule has 1 aromatic heterocycles. The molecule has 2 atom stereocenters. The molecule has 110 valence electrons. The summed E-state index contributed by atoms with van der Waals surface area (Å²) < 4.78 is 0. The molecule has 1 amide bonds. The summed E-state index contributed by atoms with van der Waals surface area (Å²) in [4.78, 5) is 22.3. The summed E-state index contributed by atoms with van der Waals surface area (Å²) >= 11 is 7.38. The lowest BCUT2D eigenvalue weighted by Crippen LogP contribution is -2.46. The number of carbonyl (C=O) groups excluding carboxylic acids is 1. The Balaban J connectivity index is 2.21. The van der Waals surface area contributed by atoms with E-state index in [0.29, 0.717) is 5.16 Å². The number of aliphatic hydroxyl groups excluding tert-OH is 1. The third-order valence-corrected chi connectivity index (χ3v) is 4.46. The first-order valence-electron chi connectivity index (χ1n) is 6.56. The molecule has 2 unspecified atom stereocenters. The molecule has 1 aliphatic rings. The van der Waals surface area contributed by atoms with Crippen molar-refractivity contribution in [3.63, 3.8) is 0 Å². The molecule has 0 bridgehead atoms. The number of aliphatic hydroxyl groups is 1. The quantitative estimate of drug-likeness (QED) is 0.684. The minimum atomic E-state index is -0.474. The van der Waals surface area contributed by atoms with Crippen LogP contribution in [0.5, 0.6) is 0 Å². The second-order valence-corrected chi connectivity index (χ2v) is 6.07. The Kier molecular flexibility index (Phi) is 5.23. The van der Waals surface area contributed by atoms with Gasteiger partial charge in [-0.15, -0.1) is 0 Å². The van der Waals surface area contributed by atoms with Crippen molar-refractivity contribution in [3.8, 4) is 0 Å². The van der Waals surface area contributed by atoms with Crippen LogP contribution in [0.15, 0.2) is 11.4 Å². The number of hydrogen-bond donors (Lipinski definition) is 1. The van der Waals surface area contributed by atoms with E-state index in [1.54, 1.807) is 11.9 Å². The van der Waals surface area contributed by atoms with Gasteiger partial charge < -0.3 is 10.0 Å². The molecule has 7 heteroatoms. The predicted molar refractivity (Wildman–Crippen MR) is 79.2 cm³/mol. The lowest BCUT2D eigenvalue weighted by Gasteiger charge is -2.35. The minimum absolute atomic E-state index is 0.167. The average molecular weight is 316 g/mol. The van der Waals surface area contributed by atoms with Crippen molar-refractivity contribution in [1.82, 2.24) is 14.9 Å². The maximum Gasteiger partial charge on any atom is 0.274 e. The monoisotopic (exact) mass is 315 g/mol. The van der Waals surface area contributed by atoms with E-state index in [1.165, 1.54) is 18.0 Å². The van der Waals surface area contributed by atoms with E-state index in [9.17, 15) is 9.90 Å². The molecule has 0 aromatic carbocycles. The van der Waals surface area contributed by atoms with Crippen LogP contribution >= 0.6 is 23.4 Å². The zero-order valence-electron chi connectivity index (χ0n) is 11.5. The fourth-order valence-corrected chi connectivity index (χ4v) is 2.97. The van der Waals surface area contributed by atoms with Crippen LogP contribution in [0.2, 0.25) is 5.02 Å². The normalized spacial score (nSPS) is 22.6. The van der Waals surface area contributed by atoms with E-state index in [4.69, 9.17) is 11.6 Å². The van der Waals surface area contributed by atoms with E-state index in [2.05, 4.69) is 9.97 Å². The van der Waals surface area contributed by atoms with Crippen LogP contribution in [0.25, 0.3) is 0 Å². The van der Waals surface area contributed by atoms with Crippen molar-refractivity contribution in [2.24, 2.45) is 0 Å². The summed E-state index contributed by atoms with van der Waals surface area (Å²) in [5.41, 5.74) is 0.200. The number of nitrogens with zero attached hydrogens (tertiary/aromatic N) is 3. The van der Waals surface area contributed by atoms with Crippen LogP contribution < -0.4 is 0 Å². The Morgan fingerprint density at radius 1 is 1.50 bits per heavy atom. The molecule has 20 heavy (non-hydrogen) atoms. The SMILES string of the molecule is CSc1ncc(Cl)c(C(=O)N(C)C2CCCCC2O)n1. The summed E-state index contributed by atoms with van der Waals surface area (Å²) in [5.74, 6) is -0.265. The molecule has 1 aromatic rings. The summed E-state index contributed by atoms with van der Waals surface area (Å²) in [6.45, 7) is 0. The molecule has 2 rings (SSSR count). The van der Waals surface area contributed by atoms with E-state index in [1.807, 2.05) is 6.26 Å². The highest BCUT2D eigenvalue weighted by atomic mass is 35.5.